The quantitative estimate of drug-likeness (QED) is 0.685. The van der Waals surface area contributed by atoms with Crippen molar-refractivity contribution >= 4 is 11.6 Å². The molecule has 6 nitrogen and oxygen atoms in total. The molecule has 1 amide bonds. The number of halogens is 1. The van der Waals surface area contributed by atoms with Crippen molar-refractivity contribution in [2.45, 2.75) is 43.5 Å². The van der Waals surface area contributed by atoms with Gasteiger partial charge in [0, 0.05) is 44.1 Å². The molecule has 2 aromatic rings. The van der Waals surface area contributed by atoms with Crippen LogP contribution < -0.4 is 10.1 Å². The largest absolute Gasteiger partial charge is 0.490 e. The van der Waals surface area contributed by atoms with Crippen molar-refractivity contribution < 1.29 is 24.1 Å². The molecule has 3 aliphatic rings. The van der Waals surface area contributed by atoms with Gasteiger partial charge >= 0.3 is 0 Å². The lowest BCUT2D eigenvalue weighted by Gasteiger charge is -2.25. The number of rotatable bonds is 5. The molecule has 1 saturated carbocycles. The molecular formula is C24H27FN2O4. The van der Waals surface area contributed by atoms with Gasteiger partial charge < -0.3 is 20.3 Å². The summed E-state index contributed by atoms with van der Waals surface area (Å²) in [5.74, 6) is 0.432. The van der Waals surface area contributed by atoms with E-state index in [0.29, 0.717) is 44.6 Å². The first kappa shape index (κ1) is 20.4. The summed E-state index contributed by atoms with van der Waals surface area (Å²) in [6.07, 6.45) is 1.66. The molecule has 2 heterocycles. The molecule has 2 aromatic carbocycles. The number of aliphatic hydroxyl groups excluding tert-OH is 1. The number of amides is 1. The Bertz CT molecular complexity index is 982. The van der Waals surface area contributed by atoms with Crippen molar-refractivity contribution in [3.8, 4) is 5.75 Å². The van der Waals surface area contributed by atoms with Gasteiger partial charge in [-0.3, -0.25) is 9.69 Å². The van der Waals surface area contributed by atoms with Gasteiger partial charge in [-0.15, -0.1) is 0 Å². The molecule has 7 heteroatoms. The lowest BCUT2D eigenvalue weighted by Crippen LogP contribution is -2.36. The Morgan fingerprint density at radius 2 is 2.03 bits per heavy atom. The monoisotopic (exact) mass is 426 g/mol. The summed E-state index contributed by atoms with van der Waals surface area (Å²) in [5, 5.41) is 24.8. The molecule has 0 bridgehead atoms. The molecule has 31 heavy (non-hydrogen) atoms. The fourth-order valence-electron chi connectivity index (χ4n) is 5.28. The second-order valence-electron chi connectivity index (χ2n) is 9.11. The summed E-state index contributed by atoms with van der Waals surface area (Å²) in [7, 11) is 0. The number of likely N-dealkylation sites (tertiary alicyclic amines) is 1. The minimum atomic E-state index is -0.829. The van der Waals surface area contributed by atoms with E-state index in [1.807, 2.05) is 18.2 Å². The first-order valence-electron chi connectivity index (χ1n) is 10.9. The fraction of sp³-hybridized carbons (Fsp3) is 0.458. The number of hydrogen-bond donors (Lipinski definition) is 3. The number of benzene rings is 2. The summed E-state index contributed by atoms with van der Waals surface area (Å²) in [6, 6.07) is 11.6. The summed E-state index contributed by atoms with van der Waals surface area (Å²) in [5.41, 5.74) is 1.87. The number of aliphatic hydroxyl groups is 2. The Morgan fingerprint density at radius 3 is 2.81 bits per heavy atom. The van der Waals surface area contributed by atoms with E-state index in [-0.39, 0.29) is 23.7 Å². The first-order valence-corrected chi connectivity index (χ1v) is 10.9. The van der Waals surface area contributed by atoms with E-state index < -0.39 is 11.7 Å². The van der Waals surface area contributed by atoms with Crippen LogP contribution in [0.2, 0.25) is 0 Å². The Labute approximate surface area is 180 Å². The molecule has 0 unspecified atom stereocenters. The normalized spacial score (nSPS) is 28.7. The van der Waals surface area contributed by atoms with E-state index in [1.54, 1.807) is 12.1 Å². The van der Waals surface area contributed by atoms with Gasteiger partial charge in [-0.25, -0.2) is 4.39 Å². The number of anilines is 1. The predicted octanol–water partition coefficient (Wildman–Crippen LogP) is 2.65. The van der Waals surface area contributed by atoms with E-state index in [9.17, 15) is 19.4 Å². The zero-order valence-corrected chi connectivity index (χ0v) is 17.3. The second-order valence-corrected chi connectivity index (χ2v) is 9.11. The number of nitrogens with zero attached hydrogens (tertiary/aromatic N) is 1. The summed E-state index contributed by atoms with van der Waals surface area (Å²) in [6.45, 7) is 1.66. The van der Waals surface area contributed by atoms with Crippen LogP contribution in [0.3, 0.4) is 0 Å². The van der Waals surface area contributed by atoms with Gasteiger partial charge in [0.05, 0.1) is 11.7 Å². The van der Waals surface area contributed by atoms with Gasteiger partial charge in [0.25, 0.3) is 0 Å². The standard InChI is InChI=1S/C24H27FN2O4/c25-18-3-5-19(6-4-18)31-20-10-17-12-27(14-24(17,30)11-20)13-22(28)16-1-7-21-15(9-16)2-8-23(29)26-21/h1,3-7,9,17,20,22,28,30H,2,8,10-14H2,(H,26,29)/t17-,20+,22+,24-/m0/s1. The zero-order chi connectivity index (χ0) is 21.6. The van der Waals surface area contributed by atoms with Crippen molar-refractivity contribution in [2.75, 3.05) is 25.0 Å². The number of aryl methyl sites for hydroxylation is 1. The van der Waals surface area contributed by atoms with Gasteiger partial charge in [0.2, 0.25) is 5.91 Å². The highest BCUT2D eigenvalue weighted by Crippen LogP contribution is 2.43. The molecule has 0 radical (unpaired) electrons. The van der Waals surface area contributed by atoms with Crippen LogP contribution in [0.4, 0.5) is 10.1 Å². The van der Waals surface area contributed by atoms with Gasteiger partial charge in [-0.1, -0.05) is 12.1 Å². The lowest BCUT2D eigenvalue weighted by molar-refractivity contribution is -0.116. The third-order valence-electron chi connectivity index (χ3n) is 6.82. The predicted molar refractivity (Wildman–Crippen MR) is 113 cm³/mol. The molecule has 164 valence electrons. The number of ether oxygens (including phenoxy) is 1. The average Bonchev–Trinajstić information content (AvgIpc) is 3.19. The third kappa shape index (κ3) is 4.18. The maximum Gasteiger partial charge on any atom is 0.224 e. The molecule has 3 N–H and O–H groups in total. The van der Waals surface area contributed by atoms with Crippen LogP contribution in [-0.2, 0) is 11.2 Å². The van der Waals surface area contributed by atoms with Gasteiger partial charge in [0.1, 0.15) is 17.7 Å². The van der Waals surface area contributed by atoms with Crippen LogP contribution in [0.15, 0.2) is 42.5 Å². The summed E-state index contributed by atoms with van der Waals surface area (Å²) < 4.78 is 19.0. The van der Waals surface area contributed by atoms with Crippen molar-refractivity contribution in [3.05, 3.63) is 59.4 Å². The molecule has 0 aromatic heterocycles. The molecule has 1 saturated heterocycles. The smallest absolute Gasteiger partial charge is 0.224 e. The number of β-amino-alcohol motifs (C(OH)–C–C–N with tert-alkyl or cyclic N) is 2. The highest BCUT2D eigenvalue weighted by Gasteiger charge is 2.52. The number of carbonyl (C=O) groups excluding carboxylic acids is 1. The third-order valence-corrected chi connectivity index (χ3v) is 6.82. The van der Waals surface area contributed by atoms with Crippen molar-refractivity contribution in [1.82, 2.24) is 4.90 Å². The van der Waals surface area contributed by atoms with Crippen LogP contribution in [0.25, 0.3) is 0 Å². The Morgan fingerprint density at radius 1 is 1.23 bits per heavy atom. The van der Waals surface area contributed by atoms with Crippen LogP contribution in [0.5, 0.6) is 5.75 Å². The fourth-order valence-corrected chi connectivity index (χ4v) is 5.28. The van der Waals surface area contributed by atoms with E-state index in [4.69, 9.17) is 4.74 Å². The van der Waals surface area contributed by atoms with Crippen molar-refractivity contribution in [3.63, 3.8) is 0 Å². The topological polar surface area (TPSA) is 82.0 Å². The van der Waals surface area contributed by atoms with Crippen molar-refractivity contribution in [2.24, 2.45) is 5.92 Å². The maximum atomic E-state index is 13.1. The molecule has 2 aliphatic heterocycles. The van der Waals surface area contributed by atoms with E-state index in [1.165, 1.54) is 12.1 Å². The second kappa shape index (κ2) is 7.89. The van der Waals surface area contributed by atoms with Crippen molar-refractivity contribution in [1.29, 1.82) is 0 Å². The SMILES string of the molecule is O=C1CCc2cc([C@H](O)CN3C[C@@H]4C[C@@H](Oc5ccc(F)cc5)C[C@]4(O)C3)ccc2N1. The van der Waals surface area contributed by atoms with Crippen LogP contribution in [0, 0.1) is 11.7 Å². The van der Waals surface area contributed by atoms with Crippen LogP contribution >= 0.6 is 0 Å². The number of hydrogen-bond acceptors (Lipinski definition) is 5. The number of fused-ring (bicyclic) bond motifs is 2. The average molecular weight is 426 g/mol. The molecule has 4 atom stereocenters. The minimum Gasteiger partial charge on any atom is -0.490 e. The van der Waals surface area contributed by atoms with E-state index in [0.717, 1.165) is 23.2 Å². The molecule has 1 aliphatic carbocycles. The molecule has 5 rings (SSSR count). The van der Waals surface area contributed by atoms with Crippen LogP contribution in [0.1, 0.15) is 36.5 Å². The Kier molecular flexibility index (Phi) is 5.20. The zero-order valence-electron chi connectivity index (χ0n) is 17.3. The Hall–Kier alpha value is -2.48. The number of carbonyl (C=O) groups is 1. The number of nitrogens with one attached hydrogen (secondary N) is 1. The minimum absolute atomic E-state index is 0.0272. The Balaban J connectivity index is 1.18. The highest BCUT2D eigenvalue weighted by molar-refractivity contribution is 5.93. The summed E-state index contributed by atoms with van der Waals surface area (Å²) >= 11 is 0. The van der Waals surface area contributed by atoms with E-state index >= 15 is 0 Å². The van der Waals surface area contributed by atoms with Gasteiger partial charge in [0.15, 0.2) is 0 Å². The molecular weight excluding hydrogens is 399 g/mol. The first-order chi connectivity index (χ1) is 14.9. The van der Waals surface area contributed by atoms with Crippen LogP contribution in [-0.4, -0.2) is 52.4 Å². The summed E-state index contributed by atoms with van der Waals surface area (Å²) in [4.78, 5) is 13.6. The lowest BCUT2D eigenvalue weighted by atomic mass is 9.95. The van der Waals surface area contributed by atoms with Gasteiger partial charge in [-0.2, -0.15) is 0 Å². The molecule has 0 spiro atoms. The maximum absolute atomic E-state index is 13.1. The van der Waals surface area contributed by atoms with E-state index in [2.05, 4.69) is 10.2 Å². The molecule has 2 fully saturated rings. The highest BCUT2D eigenvalue weighted by atomic mass is 19.1. The van der Waals surface area contributed by atoms with Gasteiger partial charge in [-0.05, 0) is 54.3 Å².